The lowest BCUT2D eigenvalue weighted by Crippen LogP contribution is -1.91. The first-order valence-electron chi connectivity index (χ1n) is 4.22. The van der Waals surface area contributed by atoms with Gasteiger partial charge in [0, 0.05) is 0 Å². The molecule has 0 nitrogen and oxygen atoms in total. The minimum Gasteiger partial charge on any atom is -0.130 e. The van der Waals surface area contributed by atoms with Crippen molar-refractivity contribution in [1.82, 2.24) is 0 Å². The summed E-state index contributed by atoms with van der Waals surface area (Å²) in [6.07, 6.45) is 7.98. The first kappa shape index (κ1) is 9.52. The van der Waals surface area contributed by atoms with Gasteiger partial charge in [0.1, 0.15) is 0 Å². The van der Waals surface area contributed by atoms with Gasteiger partial charge in [-0.3, -0.25) is 0 Å². The molecule has 0 rings (SSSR count). The minimum absolute atomic E-state index is 0.751. The number of allylic oxidation sites excluding steroid dienone is 1. The molecule has 0 heteroatoms. The highest BCUT2D eigenvalue weighted by molar-refractivity contribution is 4.87. The third kappa shape index (κ3) is 4.40. The molecule has 0 aliphatic rings. The smallest absolute Gasteiger partial charge is 0.0160 e. The molecule has 0 N–H and O–H groups in total. The number of hydrogen-bond donors (Lipinski definition) is 0. The molecule has 0 saturated heterocycles. The van der Waals surface area contributed by atoms with Gasteiger partial charge < -0.3 is 0 Å². The highest BCUT2D eigenvalue weighted by Gasteiger charge is 1.97. The molecule has 1 atom stereocenters. The van der Waals surface area contributed by atoms with Gasteiger partial charge in [0.15, 0.2) is 0 Å². The van der Waals surface area contributed by atoms with Crippen molar-refractivity contribution < 1.29 is 0 Å². The fraction of sp³-hybridized carbons (Fsp3) is 0.700. The van der Waals surface area contributed by atoms with Gasteiger partial charge in [0.25, 0.3) is 0 Å². The van der Waals surface area contributed by atoms with Crippen molar-refractivity contribution >= 4 is 0 Å². The van der Waals surface area contributed by atoms with Crippen molar-refractivity contribution in [1.29, 1.82) is 0 Å². The third-order valence-corrected chi connectivity index (χ3v) is 1.68. The van der Waals surface area contributed by atoms with Crippen LogP contribution in [-0.4, -0.2) is 0 Å². The van der Waals surface area contributed by atoms with E-state index in [1.807, 2.05) is 13.0 Å². The fourth-order valence-corrected chi connectivity index (χ4v) is 1.01. The Hall–Kier alpha value is -0.480. The lowest BCUT2D eigenvalue weighted by Gasteiger charge is -2.04. The van der Waals surface area contributed by atoms with E-state index in [0.717, 1.165) is 5.92 Å². The highest BCUT2D eigenvalue weighted by Crippen LogP contribution is 2.10. The molecule has 1 unspecified atom stereocenters. The van der Waals surface area contributed by atoms with Gasteiger partial charge in [-0.15, -0.1) is 5.73 Å². The van der Waals surface area contributed by atoms with Crippen molar-refractivity contribution in [3.63, 3.8) is 0 Å². The van der Waals surface area contributed by atoms with Crippen LogP contribution in [0.5, 0.6) is 0 Å². The summed E-state index contributed by atoms with van der Waals surface area (Å²) in [7, 11) is 0. The van der Waals surface area contributed by atoms with Crippen molar-refractivity contribution in [3.05, 3.63) is 17.9 Å². The molecule has 0 radical (unpaired) electrons. The zero-order valence-corrected chi connectivity index (χ0v) is 7.35. The quantitative estimate of drug-likeness (QED) is 0.521. The predicted molar refractivity (Wildman–Crippen MR) is 47.0 cm³/mol. The van der Waals surface area contributed by atoms with Gasteiger partial charge in [0.2, 0.25) is 0 Å². The zero-order valence-electron chi connectivity index (χ0n) is 7.35. The SMILES string of the molecule is CC=C=CC(CC)CCC. The van der Waals surface area contributed by atoms with Crippen LogP contribution in [0.2, 0.25) is 0 Å². The molecular weight excluding hydrogens is 120 g/mol. The normalized spacial score (nSPS) is 11.9. The van der Waals surface area contributed by atoms with Crippen molar-refractivity contribution in [3.8, 4) is 0 Å². The predicted octanol–water partition coefficient (Wildman–Crippen LogP) is 3.54. The molecule has 0 aromatic carbocycles. The van der Waals surface area contributed by atoms with Crippen LogP contribution < -0.4 is 0 Å². The average molecular weight is 138 g/mol. The molecular formula is C10H18. The van der Waals surface area contributed by atoms with E-state index < -0.39 is 0 Å². The highest BCUT2D eigenvalue weighted by atomic mass is 14.0. The molecule has 10 heavy (non-hydrogen) atoms. The van der Waals surface area contributed by atoms with Crippen LogP contribution >= 0.6 is 0 Å². The van der Waals surface area contributed by atoms with E-state index in [9.17, 15) is 0 Å². The lowest BCUT2D eigenvalue weighted by atomic mass is 10.0. The third-order valence-electron chi connectivity index (χ3n) is 1.68. The van der Waals surface area contributed by atoms with Crippen LogP contribution in [0.3, 0.4) is 0 Å². The summed E-state index contributed by atoms with van der Waals surface area (Å²) in [5.41, 5.74) is 3.13. The van der Waals surface area contributed by atoms with Crippen molar-refractivity contribution in [2.45, 2.75) is 40.0 Å². The van der Waals surface area contributed by atoms with Gasteiger partial charge in [-0.1, -0.05) is 20.3 Å². The van der Waals surface area contributed by atoms with Gasteiger partial charge >= 0.3 is 0 Å². The van der Waals surface area contributed by atoms with E-state index in [0.29, 0.717) is 0 Å². The van der Waals surface area contributed by atoms with Crippen LogP contribution in [0.15, 0.2) is 17.9 Å². The van der Waals surface area contributed by atoms with Gasteiger partial charge in [-0.2, -0.15) is 0 Å². The Kier molecular flexibility index (Phi) is 6.32. The molecule has 0 aliphatic carbocycles. The molecule has 0 aliphatic heterocycles. The molecule has 0 heterocycles. The Balaban J connectivity index is 3.70. The molecule has 58 valence electrons. The Bertz CT molecular complexity index is 116. The summed E-state index contributed by atoms with van der Waals surface area (Å²) >= 11 is 0. The summed E-state index contributed by atoms with van der Waals surface area (Å²) < 4.78 is 0. The second-order valence-corrected chi connectivity index (χ2v) is 2.58. The summed E-state index contributed by atoms with van der Waals surface area (Å²) in [5, 5.41) is 0. The molecule has 0 aromatic heterocycles. The van der Waals surface area contributed by atoms with Crippen LogP contribution in [0, 0.1) is 5.92 Å². The maximum atomic E-state index is 3.13. The molecule has 0 aromatic rings. The monoisotopic (exact) mass is 138 g/mol. The van der Waals surface area contributed by atoms with Gasteiger partial charge in [0.05, 0.1) is 0 Å². The summed E-state index contributed by atoms with van der Waals surface area (Å²) in [6, 6.07) is 0. The van der Waals surface area contributed by atoms with E-state index in [2.05, 4.69) is 25.7 Å². The summed E-state index contributed by atoms with van der Waals surface area (Å²) in [4.78, 5) is 0. The fourth-order valence-electron chi connectivity index (χ4n) is 1.01. The Morgan fingerprint density at radius 1 is 1.40 bits per heavy atom. The summed E-state index contributed by atoms with van der Waals surface area (Å²) in [6.45, 7) is 6.47. The molecule has 0 spiro atoms. The topological polar surface area (TPSA) is 0 Å². The molecule has 0 fully saturated rings. The van der Waals surface area contributed by atoms with E-state index in [1.165, 1.54) is 19.3 Å². The van der Waals surface area contributed by atoms with E-state index >= 15 is 0 Å². The average Bonchev–Trinajstić information content (AvgIpc) is 1.98. The van der Waals surface area contributed by atoms with E-state index in [-0.39, 0.29) is 0 Å². The van der Waals surface area contributed by atoms with Crippen LogP contribution in [0.4, 0.5) is 0 Å². The molecule has 0 amide bonds. The first-order valence-corrected chi connectivity index (χ1v) is 4.22. The van der Waals surface area contributed by atoms with Crippen LogP contribution in [0.25, 0.3) is 0 Å². The maximum absolute atomic E-state index is 3.13. The van der Waals surface area contributed by atoms with E-state index in [4.69, 9.17) is 0 Å². The summed E-state index contributed by atoms with van der Waals surface area (Å²) in [5.74, 6) is 0.751. The lowest BCUT2D eigenvalue weighted by molar-refractivity contribution is 0.564. The van der Waals surface area contributed by atoms with Crippen LogP contribution in [-0.2, 0) is 0 Å². The van der Waals surface area contributed by atoms with E-state index in [1.54, 1.807) is 0 Å². The van der Waals surface area contributed by atoms with Crippen molar-refractivity contribution in [2.75, 3.05) is 0 Å². The first-order chi connectivity index (χ1) is 4.85. The van der Waals surface area contributed by atoms with Gasteiger partial charge in [-0.25, -0.2) is 0 Å². The van der Waals surface area contributed by atoms with Gasteiger partial charge in [-0.05, 0) is 37.8 Å². The molecule has 0 saturated carbocycles. The second-order valence-electron chi connectivity index (χ2n) is 2.58. The van der Waals surface area contributed by atoms with Crippen LogP contribution in [0.1, 0.15) is 40.0 Å². The largest absolute Gasteiger partial charge is 0.130 e. The number of rotatable bonds is 4. The standard InChI is InChI=1S/C10H18/c1-4-7-9-10(6-3)8-5-2/h4,9-10H,5-6,8H2,1-3H3. The zero-order chi connectivity index (χ0) is 7.82. The Labute approximate surface area is 64.6 Å². The van der Waals surface area contributed by atoms with Crippen molar-refractivity contribution in [2.24, 2.45) is 5.92 Å². The second kappa shape index (κ2) is 6.64. The minimum atomic E-state index is 0.751. The Morgan fingerprint density at radius 2 is 2.10 bits per heavy atom. The molecule has 0 bridgehead atoms. The maximum Gasteiger partial charge on any atom is -0.0160 e. The number of hydrogen-bond acceptors (Lipinski definition) is 0. The Morgan fingerprint density at radius 3 is 2.50 bits per heavy atom.